The molecular weight excluding hydrogens is 168 g/mol. The van der Waals surface area contributed by atoms with E-state index in [1.165, 1.54) is 5.57 Å². The maximum absolute atomic E-state index is 11.3. The Morgan fingerprint density at radius 1 is 1.31 bits per heavy atom. The first-order valence-corrected chi connectivity index (χ1v) is 4.62. The van der Waals surface area contributed by atoms with Gasteiger partial charge >= 0.3 is 11.9 Å². The SMILES string of the molecule is CC1=C[C@H]2C[C@H]1[C@@H]1C(=O)OC(=O)[C@H]12. The van der Waals surface area contributed by atoms with E-state index >= 15 is 0 Å². The summed E-state index contributed by atoms with van der Waals surface area (Å²) in [5.74, 6) is -0.340. The molecule has 0 amide bonds. The van der Waals surface area contributed by atoms with E-state index in [-0.39, 0.29) is 35.6 Å². The van der Waals surface area contributed by atoms with Gasteiger partial charge in [-0.05, 0) is 25.2 Å². The van der Waals surface area contributed by atoms with Crippen molar-refractivity contribution < 1.29 is 14.3 Å². The molecule has 0 unspecified atom stereocenters. The van der Waals surface area contributed by atoms with Gasteiger partial charge in [0.15, 0.2) is 0 Å². The smallest absolute Gasteiger partial charge is 0.318 e. The Labute approximate surface area is 75.8 Å². The second-order valence-electron chi connectivity index (χ2n) is 4.21. The van der Waals surface area contributed by atoms with Crippen molar-refractivity contribution in [3.63, 3.8) is 0 Å². The number of cyclic esters (lactones) is 2. The van der Waals surface area contributed by atoms with Crippen molar-refractivity contribution in [3.8, 4) is 0 Å². The van der Waals surface area contributed by atoms with Crippen molar-refractivity contribution >= 4 is 11.9 Å². The average molecular weight is 178 g/mol. The molecule has 68 valence electrons. The average Bonchev–Trinajstić information content (AvgIpc) is 2.64. The monoisotopic (exact) mass is 178 g/mol. The normalized spacial score (nSPS) is 46.4. The molecule has 0 spiro atoms. The summed E-state index contributed by atoms with van der Waals surface area (Å²) in [5.41, 5.74) is 1.26. The van der Waals surface area contributed by atoms with Crippen molar-refractivity contribution in [1.29, 1.82) is 0 Å². The van der Waals surface area contributed by atoms with E-state index in [4.69, 9.17) is 0 Å². The van der Waals surface area contributed by atoms with Crippen LogP contribution in [-0.4, -0.2) is 11.9 Å². The van der Waals surface area contributed by atoms with Gasteiger partial charge in [0.1, 0.15) is 0 Å². The fourth-order valence-electron chi connectivity index (χ4n) is 3.07. The fourth-order valence-corrected chi connectivity index (χ4v) is 3.07. The zero-order valence-electron chi connectivity index (χ0n) is 7.32. The molecule has 3 rings (SSSR count). The highest BCUT2D eigenvalue weighted by Crippen LogP contribution is 2.54. The van der Waals surface area contributed by atoms with Crippen LogP contribution in [0.3, 0.4) is 0 Å². The number of carbonyl (C=O) groups excluding carboxylic acids is 2. The van der Waals surface area contributed by atoms with Crippen LogP contribution >= 0.6 is 0 Å². The van der Waals surface area contributed by atoms with Crippen molar-refractivity contribution in [1.82, 2.24) is 0 Å². The number of carbonyl (C=O) groups is 2. The van der Waals surface area contributed by atoms with E-state index in [9.17, 15) is 9.59 Å². The van der Waals surface area contributed by atoms with E-state index < -0.39 is 0 Å². The molecule has 1 aliphatic heterocycles. The summed E-state index contributed by atoms with van der Waals surface area (Å²) >= 11 is 0. The molecule has 1 saturated heterocycles. The topological polar surface area (TPSA) is 43.4 Å². The highest BCUT2D eigenvalue weighted by atomic mass is 16.6. The molecule has 2 aliphatic carbocycles. The lowest BCUT2D eigenvalue weighted by molar-refractivity contribution is -0.154. The summed E-state index contributed by atoms with van der Waals surface area (Å²) in [6, 6.07) is 0. The lowest BCUT2D eigenvalue weighted by Gasteiger charge is -2.17. The number of hydrogen-bond donors (Lipinski definition) is 0. The van der Waals surface area contributed by atoms with Gasteiger partial charge in [-0.3, -0.25) is 9.59 Å². The van der Waals surface area contributed by atoms with Crippen LogP contribution in [0, 0.1) is 23.7 Å². The molecule has 1 saturated carbocycles. The predicted octanol–water partition coefficient (Wildman–Crippen LogP) is 0.898. The van der Waals surface area contributed by atoms with Crippen LogP contribution in [0.2, 0.25) is 0 Å². The van der Waals surface area contributed by atoms with Crippen LogP contribution in [0.5, 0.6) is 0 Å². The van der Waals surface area contributed by atoms with Crippen LogP contribution in [0.15, 0.2) is 11.6 Å². The Kier molecular flexibility index (Phi) is 1.14. The van der Waals surface area contributed by atoms with Crippen LogP contribution in [-0.2, 0) is 14.3 Å². The number of rotatable bonds is 0. The molecule has 0 aromatic rings. The summed E-state index contributed by atoms with van der Waals surface area (Å²) in [7, 11) is 0. The van der Waals surface area contributed by atoms with Crippen LogP contribution in [0.4, 0.5) is 0 Å². The highest BCUT2D eigenvalue weighted by Gasteiger charge is 2.59. The molecule has 0 radical (unpaired) electrons. The number of hydrogen-bond acceptors (Lipinski definition) is 3. The third-order valence-electron chi connectivity index (χ3n) is 3.62. The van der Waals surface area contributed by atoms with Crippen molar-refractivity contribution in [2.45, 2.75) is 13.3 Å². The van der Waals surface area contributed by atoms with Gasteiger partial charge in [-0.15, -0.1) is 0 Å². The first-order chi connectivity index (χ1) is 6.18. The Morgan fingerprint density at radius 3 is 2.77 bits per heavy atom. The zero-order valence-corrected chi connectivity index (χ0v) is 7.32. The van der Waals surface area contributed by atoms with E-state index in [0.29, 0.717) is 0 Å². The second kappa shape index (κ2) is 2.03. The van der Waals surface area contributed by atoms with Crippen molar-refractivity contribution in [2.24, 2.45) is 23.7 Å². The Morgan fingerprint density at radius 2 is 2.00 bits per heavy atom. The minimum atomic E-state index is -0.300. The van der Waals surface area contributed by atoms with Crippen molar-refractivity contribution in [3.05, 3.63) is 11.6 Å². The van der Waals surface area contributed by atoms with Gasteiger partial charge < -0.3 is 4.74 Å². The van der Waals surface area contributed by atoms with E-state index in [1.54, 1.807) is 0 Å². The maximum Gasteiger partial charge on any atom is 0.318 e. The fraction of sp³-hybridized carbons (Fsp3) is 0.600. The molecule has 1 heterocycles. The number of allylic oxidation sites excluding steroid dienone is 2. The standard InChI is InChI=1S/C10H10O3/c1-4-2-5-3-6(4)8-7(5)9(11)13-10(8)12/h2,5-8H,3H2,1H3/t5-,6+,7-,8-/m0/s1. The molecule has 2 fully saturated rings. The molecule has 13 heavy (non-hydrogen) atoms. The first kappa shape index (κ1) is 7.30. The number of ether oxygens (including phenoxy) is 1. The number of esters is 2. The van der Waals surface area contributed by atoms with Gasteiger partial charge in [-0.2, -0.15) is 0 Å². The second-order valence-corrected chi connectivity index (χ2v) is 4.21. The first-order valence-electron chi connectivity index (χ1n) is 4.62. The molecule has 2 bridgehead atoms. The molecule has 3 aliphatic rings. The summed E-state index contributed by atoms with van der Waals surface area (Å²) < 4.78 is 4.65. The Hall–Kier alpha value is -1.12. The molecule has 0 N–H and O–H groups in total. The van der Waals surface area contributed by atoms with Gasteiger partial charge in [0.25, 0.3) is 0 Å². The summed E-state index contributed by atoms with van der Waals surface area (Å²) in [5, 5.41) is 0. The molecule has 0 aromatic carbocycles. The third-order valence-corrected chi connectivity index (χ3v) is 3.62. The lowest BCUT2D eigenvalue weighted by atomic mass is 9.82. The molecule has 3 heteroatoms. The number of fused-ring (bicyclic) bond motifs is 5. The van der Waals surface area contributed by atoms with Crippen LogP contribution in [0.1, 0.15) is 13.3 Å². The zero-order chi connectivity index (χ0) is 9.16. The highest BCUT2D eigenvalue weighted by molar-refractivity contribution is 5.98. The van der Waals surface area contributed by atoms with E-state index in [1.807, 2.05) is 6.92 Å². The van der Waals surface area contributed by atoms with Gasteiger partial charge in [-0.25, -0.2) is 0 Å². The quantitative estimate of drug-likeness (QED) is 0.314. The predicted molar refractivity (Wildman–Crippen MR) is 43.4 cm³/mol. The Balaban J connectivity index is 2.08. The molecule has 0 aromatic heterocycles. The summed E-state index contributed by atoms with van der Waals surface area (Å²) in [6.45, 7) is 2.04. The van der Waals surface area contributed by atoms with Gasteiger partial charge in [0.2, 0.25) is 0 Å². The van der Waals surface area contributed by atoms with Gasteiger partial charge in [0, 0.05) is 0 Å². The lowest BCUT2D eigenvalue weighted by Crippen LogP contribution is -2.23. The Bertz CT molecular complexity index is 342. The molecular formula is C10H10O3. The summed E-state index contributed by atoms with van der Waals surface area (Å²) in [6.07, 6.45) is 3.10. The third kappa shape index (κ3) is 0.705. The van der Waals surface area contributed by atoms with Crippen molar-refractivity contribution in [2.75, 3.05) is 0 Å². The van der Waals surface area contributed by atoms with Gasteiger partial charge in [-0.1, -0.05) is 11.6 Å². The minimum Gasteiger partial charge on any atom is -0.393 e. The minimum absolute atomic E-state index is 0.150. The molecule has 3 nitrogen and oxygen atoms in total. The van der Waals surface area contributed by atoms with Crippen LogP contribution in [0.25, 0.3) is 0 Å². The van der Waals surface area contributed by atoms with Gasteiger partial charge in [0.05, 0.1) is 11.8 Å². The summed E-state index contributed by atoms with van der Waals surface area (Å²) in [4.78, 5) is 22.6. The van der Waals surface area contributed by atoms with E-state index in [2.05, 4.69) is 10.8 Å². The van der Waals surface area contributed by atoms with Crippen LogP contribution < -0.4 is 0 Å². The largest absolute Gasteiger partial charge is 0.393 e. The maximum atomic E-state index is 11.3. The molecule has 4 atom stereocenters. The van der Waals surface area contributed by atoms with E-state index in [0.717, 1.165) is 6.42 Å².